The summed E-state index contributed by atoms with van der Waals surface area (Å²) in [6.45, 7) is 5.95. The minimum Gasteiger partial charge on any atom is -0.420 e. The van der Waals surface area contributed by atoms with Crippen LogP contribution in [0.2, 0.25) is 0 Å². The molecule has 0 saturated carbocycles. The van der Waals surface area contributed by atoms with E-state index in [2.05, 4.69) is 10.2 Å². The Morgan fingerprint density at radius 1 is 1.35 bits per heavy atom. The van der Waals surface area contributed by atoms with Crippen LogP contribution in [0.4, 0.5) is 4.39 Å². The Kier molecular flexibility index (Phi) is 3.22. The topological polar surface area (TPSA) is 38.9 Å². The minimum absolute atomic E-state index is 0.198. The quantitative estimate of drug-likeness (QED) is 0.812. The number of hydrogen-bond acceptors (Lipinski definition) is 3. The lowest BCUT2D eigenvalue weighted by Crippen LogP contribution is -1.90. The van der Waals surface area contributed by atoms with Crippen molar-refractivity contribution in [2.24, 2.45) is 0 Å². The number of hydrogen-bond donors (Lipinski definition) is 0. The number of nitrogens with zero attached hydrogens (tertiary/aromatic N) is 2. The van der Waals surface area contributed by atoms with Crippen LogP contribution >= 0.6 is 0 Å². The zero-order chi connectivity index (χ0) is 12.4. The van der Waals surface area contributed by atoms with Crippen LogP contribution in [-0.4, -0.2) is 10.2 Å². The van der Waals surface area contributed by atoms with Crippen LogP contribution in [-0.2, 0) is 0 Å². The number of halogens is 1. The van der Waals surface area contributed by atoms with Crippen molar-refractivity contribution < 1.29 is 8.81 Å². The van der Waals surface area contributed by atoms with Crippen molar-refractivity contribution >= 4 is 0 Å². The number of benzene rings is 1. The molecular weight excluding hydrogens is 219 g/mol. The first-order valence-corrected chi connectivity index (χ1v) is 5.71. The van der Waals surface area contributed by atoms with E-state index in [1.54, 1.807) is 12.1 Å². The molecule has 2 rings (SSSR count). The summed E-state index contributed by atoms with van der Waals surface area (Å²) in [5.41, 5.74) is 1.33. The van der Waals surface area contributed by atoms with Gasteiger partial charge in [0.25, 0.3) is 5.89 Å². The fourth-order valence-electron chi connectivity index (χ4n) is 1.52. The van der Waals surface area contributed by atoms with Crippen molar-refractivity contribution in [3.8, 4) is 11.5 Å². The molecule has 0 saturated heterocycles. The van der Waals surface area contributed by atoms with Gasteiger partial charge in [-0.2, -0.15) is 0 Å². The lowest BCUT2D eigenvalue weighted by Gasteiger charge is -2.01. The fraction of sp³-hybridized carbons (Fsp3) is 0.385. The van der Waals surface area contributed by atoms with Crippen LogP contribution in [0.15, 0.2) is 22.6 Å². The summed E-state index contributed by atoms with van der Waals surface area (Å²) >= 11 is 0. The fourth-order valence-corrected chi connectivity index (χ4v) is 1.52. The summed E-state index contributed by atoms with van der Waals surface area (Å²) in [5, 5.41) is 7.85. The van der Waals surface area contributed by atoms with Crippen molar-refractivity contribution in [3.63, 3.8) is 0 Å². The Bertz CT molecular complexity index is 522. The van der Waals surface area contributed by atoms with Crippen molar-refractivity contribution in [2.75, 3.05) is 0 Å². The van der Waals surface area contributed by atoms with Crippen molar-refractivity contribution in [1.29, 1.82) is 0 Å². The van der Waals surface area contributed by atoms with Gasteiger partial charge in [-0.25, -0.2) is 4.39 Å². The summed E-state index contributed by atoms with van der Waals surface area (Å²) in [5.74, 6) is 0.670. The van der Waals surface area contributed by atoms with Crippen LogP contribution in [0.3, 0.4) is 0 Å². The third-order valence-corrected chi connectivity index (χ3v) is 2.83. The zero-order valence-electron chi connectivity index (χ0n) is 10.2. The van der Waals surface area contributed by atoms with Gasteiger partial charge in [-0.1, -0.05) is 25.5 Å². The first kappa shape index (κ1) is 11.8. The van der Waals surface area contributed by atoms with Crippen LogP contribution in [0, 0.1) is 12.7 Å². The Labute approximate surface area is 99.7 Å². The average molecular weight is 234 g/mol. The van der Waals surface area contributed by atoms with E-state index >= 15 is 0 Å². The van der Waals surface area contributed by atoms with Gasteiger partial charge in [0.1, 0.15) is 5.82 Å². The Hall–Kier alpha value is -1.71. The summed E-state index contributed by atoms with van der Waals surface area (Å²) in [6.07, 6.45) is 0.915. The monoisotopic (exact) mass is 234 g/mol. The van der Waals surface area contributed by atoms with Gasteiger partial charge in [-0.05, 0) is 25.5 Å². The maximum absolute atomic E-state index is 13.6. The van der Waals surface area contributed by atoms with Crippen molar-refractivity contribution in [2.45, 2.75) is 33.1 Å². The lowest BCUT2D eigenvalue weighted by atomic mass is 10.1. The molecule has 0 radical (unpaired) electrons. The molecule has 4 heteroatoms. The summed E-state index contributed by atoms with van der Waals surface area (Å²) in [6, 6.07) is 4.84. The van der Waals surface area contributed by atoms with Crippen molar-refractivity contribution in [3.05, 3.63) is 35.5 Å². The second-order valence-electron chi connectivity index (χ2n) is 4.24. The van der Waals surface area contributed by atoms with Crippen LogP contribution < -0.4 is 0 Å². The highest BCUT2D eigenvalue weighted by Crippen LogP contribution is 2.25. The molecule has 0 spiro atoms. The van der Waals surface area contributed by atoms with Gasteiger partial charge < -0.3 is 4.42 Å². The Morgan fingerprint density at radius 2 is 2.12 bits per heavy atom. The van der Waals surface area contributed by atoms with Crippen molar-refractivity contribution in [1.82, 2.24) is 10.2 Å². The van der Waals surface area contributed by atoms with E-state index < -0.39 is 0 Å². The highest BCUT2D eigenvalue weighted by molar-refractivity contribution is 5.54. The molecule has 0 bridgehead atoms. The minimum atomic E-state index is -0.338. The normalized spacial score (nSPS) is 12.7. The first-order valence-electron chi connectivity index (χ1n) is 5.71. The smallest absolute Gasteiger partial charge is 0.250 e. The molecule has 1 heterocycles. The predicted molar refractivity (Wildman–Crippen MR) is 63.1 cm³/mol. The number of rotatable bonds is 3. The van der Waals surface area contributed by atoms with Crippen LogP contribution in [0.5, 0.6) is 0 Å². The van der Waals surface area contributed by atoms with Gasteiger partial charge in [0, 0.05) is 5.92 Å². The second kappa shape index (κ2) is 4.65. The SMILES string of the molecule is CCC(C)c1nnc(-c2cc(C)ccc2F)o1. The molecule has 2 aromatic rings. The van der Waals surface area contributed by atoms with Gasteiger partial charge >= 0.3 is 0 Å². The maximum Gasteiger partial charge on any atom is 0.250 e. The van der Waals surface area contributed by atoms with Gasteiger partial charge in [-0.15, -0.1) is 10.2 Å². The molecule has 0 aliphatic heterocycles. The highest BCUT2D eigenvalue weighted by atomic mass is 19.1. The Balaban J connectivity index is 2.40. The average Bonchev–Trinajstić information content (AvgIpc) is 2.80. The predicted octanol–water partition coefficient (Wildman–Crippen LogP) is 3.70. The molecule has 3 nitrogen and oxygen atoms in total. The first-order chi connectivity index (χ1) is 8.11. The molecule has 1 aromatic heterocycles. The van der Waals surface area contributed by atoms with Gasteiger partial charge in [0.05, 0.1) is 5.56 Å². The molecule has 1 atom stereocenters. The summed E-state index contributed by atoms with van der Waals surface area (Å²) in [7, 11) is 0. The summed E-state index contributed by atoms with van der Waals surface area (Å²) < 4.78 is 19.1. The molecule has 0 amide bonds. The Morgan fingerprint density at radius 3 is 2.82 bits per heavy atom. The molecule has 1 unspecified atom stereocenters. The molecule has 0 aliphatic rings. The highest BCUT2D eigenvalue weighted by Gasteiger charge is 2.16. The molecule has 90 valence electrons. The molecule has 0 N–H and O–H groups in total. The largest absolute Gasteiger partial charge is 0.420 e. The number of aromatic nitrogens is 2. The molecule has 17 heavy (non-hydrogen) atoms. The van der Waals surface area contributed by atoms with E-state index in [4.69, 9.17) is 4.42 Å². The van der Waals surface area contributed by atoms with E-state index in [9.17, 15) is 4.39 Å². The standard InChI is InChI=1S/C13H15FN2O/c1-4-9(3)12-15-16-13(17-12)10-7-8(2)5-6-11(10)14/h5-7,9H,4H2,1-3H3. The third-order valence-electron chi connectivity index (χ3n) is 2.83. The van der Waals surface area contributed by atoms with E-state index in [0.29, 0.717) is 11.5 Å². The van der Waals surface area contributed by atoms with Gasteiger partial charge in [0.15, 0.2) is 0 Å². The molecule has 0 fully saturated rings. The molecule has 1 aromatic carbocycles. The summed E-state index contributed by atoms with van der Waals surface area (Å²) in [4.78, 5) is 0. The lowest BCUT2D eigenvalue weighted by molar-refractivity contribution is 0.459. The third kappa shape index (κ3) is 2.35. The van der Waals surface area contributed by atoms with Crippen LogP contribution in [0.1, 0.15) is 37.6 Å². The van der Waals surface area contributed by atoms with E-state index in [-0.39, 0.29) is 17.6 Å². The molecule has 0 aliphatic carbocycles. The number of aryl methyl sites for hydroxylation is 1. The zero-order valence-corrected chi connectivity index (χ0v) is 10.2. The molecular formula is C13H15FN2O. The van der Waals surface area contributed by atoms with E-state index in [1.165, 1.54) is 6.07 Å². The van der Waals surface area contributed by atoms with E-state index in [0.717, 1.165) is 12.0 Å². The van der Waals surface area contributed by atoms with Gasteiger partial charge in [-0.3, -0.25) is 0 Å². The van der Waals surface area contributed by atoms with Gasteiger partial charge in [0.2, 0.25) is 5.89 Å². The second-order valence-corrected chi connectivity index (χ2v) is 4.24. The van der Waals surface area contributed by atoms with Crippen LogP contribution in [0.25, 0.3) is 11.5 Å². The van der Waals surface area contributed by atoms with E-state index in [1.807, 2.05) is 20.8 Å². The maximum atomic E-state index is 13.6.